The molecule has 0 radical (unpaired) electrons. The summed E-state index contributed by atoms with van der Waals surface area (Å²) in [5.41, 5.74) is 2.49. The second kappa shape index (κ2) is 7.09. The van der Waals surface area contributed by atoms with Crippen molar-refractivity contribution >= 4 is 11.8 Å². The maximum atomic E-state index is 12.8. The number of hydrogen-bond donors (Lipinski definition) is 2. The van der Waals surface area contributed by atoms with Gasteiger partial charge in [0.2, 0.25) is 5.78 Å². The summed E-state index contributed by atoms with van der Waals surface area (Å²) in [4.78, 5) is 29.3. The third-order valence-electron chi connectivity index (χ3n) is 4.66. The molecule has 2 heterocycles. The maximum Gasteiger partial charge on any atom is 0.340 e. The largest absolute Gasteiger partial charge is 0.462 e. The number of rotatable bonds is 5. The number of aromatic amines is 1. The molecule has 2 rings (SSSR count). The monoisotopic (exact) mass is 307 g/mol. The van der Waals surface area contributed by atoms with Crippen LogP contribution in [0.5, 0.6) is 0 Å². The predicted octanol–water partition coefficient (Wildman–Crippen LogP) is 1.45. The Morgan fingerprint density at radius 3 is 2.45 bits per heavy atom. The standard InChI is InChI=1S/C17H26N2O3/c1-5-22-17(21)14-11(2)15(18-12(14)3)16(20)13(4)19-9-7-6-8-10-19/h13,18H,5-10H2,1-4H3/p+1/t13-/m0/s1. The number of piperidine rings is 1. The second-order valence-corrected chi connectivity index (χ2v) is 6.15. The van der Waals surface area contributed by atoms with Crippen LogP contribution in [-0.2, 0) is 4.74 Å². The Morgan fingerprint density at radius 2 is 1.86 bits per heavy atom. The van der Waals surface area contributed by atoms with Gasteiger partial charge in [0.1, 0.15) is 6.04 Å². The van der Waals surface area contributed by atoms with E-state index in [1.165, 1.54) is 24.2 Å². The molecule has 5 nitrogen and oxygen atoms in total. The zero-order chi connectivity index (χ0) is 16.3. The van der Waals surface area contributed by atoms with E-state index in [-0.39, 0.29) is 17.8 Å². The van der Waals surface area contributed by atoms with Crippen molar-refractivity contribution in [2.75, 3.05) is 19.7 Å². The highest BCUT2D eigenvalue weighted by atomic mass is 16.5. The molecule has 22 heavy (non-hydrogen) atoms. The van der Waals surface area contributed by atoms with E-state index in [0.717, 1.165) is 13.1 Å². The fourth-order valence-corrected chi connectivity index (χ4v) is 3.35. The number of nitrogens with one attached hydrogen (secondary N) is 2. The first-order chi connectivity index (χ1) is 10.5. The summed E-state index contributed by atoms with van der Waals surface area (Å²) in [7, 11) is 0. The van der Waals surface area contributed by atoms with Gasteiger partial charge < -0.3 is 14.6 Å². The Morgan fingerprint density at radius 1 is 1.23 bits per heavy atom. The highest BCUT2D eigenvalue weighted by Crippen LogP contribution is 2.20. The third-order valence-corrected chi connectivity index (χ3v) is 4.66. The van der Waals surface area contributed by atoms with Crippen molar-refractivity contribution in [1.82, 2.24) is 4.98 Å². The Balaban J connectivity index is 2.23. The van der Waals surface area contributed by atoms with Crippen LogP contribution in [-0.4, -0.2) is 42.5 Å². The van der Waals surface area contributed by atoms with Crippen LogP contribution in [0.2, 0.25) is 0 Å². The quantitative estimate of drug-likeness (QED) is 0.639. The van der Waals surface area contributed by atoms with Crippen LogP contribution in [0.3, 0.4) is 0 Å². The van der Waals surface area contributed by atoms with Crippen molar-refractivity contribution < 1.29 is 19.2 Å². The number of ether oxygens (including phenoxy) is 1. The average Bonchev–Trinajstić information content (AvgIpc) is 2.81. The van der Waals surface area contributed by atoms with Gasteiger partial charge in [0.15, 0.2) is 0 Å². The Labute approximate surface area is 132 Å². The van der Waals surface area contributed by atoms with E-state index in [9.17, 15) is 9.59 Å². The van der Waals surface area contributed by atoms with Crippen LogP contribution in [0.25, 0.3) is 0 Å². The summed E-state index contributed by atoms with van der Waals surface area (Å²) in [5.74, 6) is -0.265. The molecule has 0 saturated carbocycles. The molecule has 0 unspecified atom stereocenters. The first-order valence-corrected chi connectivity index (χ1v) is 8.22. The van der Waals surface area contributed by atoms with E-state index in [2.05, 4.69) is 4.98 Å². The lowest BCUT2D eigenvalue weighted by Gasteiger charge is -2.28. The van der Waals surface area contributed by atoms with Gasteiger partial charge in [0, 0.05) is 5.69 Å². The lowest BCUT2D eigenvalue weighted by atomic mass is 10.0. The number of aryl methyl sites for hydroxylation is 1. The van der Waals surface area contributed by atoms with E-state index in [1.54, 1.807) is 6.92 Å². The number of H-pyrrole nitrogens is 1. The van der Waals surface area contributed by atoms with Gasteiger partial charge >= 0.3 is 5.97 Å². The van der Waals surface area contributed by atoms with E-state index in [0.29, 0.717) is 29.1 Å². The molecule has 1 fully saturated rings. The predicted molar refractivity (Wildman–Crippen MR) is 84.6 cm³/mol. The van der Waals surface area contributed by atoms with Gasteiger partial charge in [-0.3, -0.25) is 4.79 Å². The smallest absolute Gasteiger partial charge is 0.340 e. The third kappa shape index (κ3) is 3.24. The number of carbonyl (C=O) groups excluding carboxylic acids is 2. The van der Waals surface area contributed by atoms with E-state index >= 15 is 0 Å². The van der Waals surface area contributed by atoms with Crippen LogP contribution < -0.4 is 4.90 Å². The molecule has 1 aliphatic heterocycles. The minimum atomic E-state index is -0.356. The van der Waals surface area contributed by atoms with Gasteiger partial charge in [-0.15, -0.1) is 0 Å². The number of hydrogen-bond acceptors (Lipinski definition) is 3. The lowest BCUT2D eigenvalue weighted by molar-refractivity contribution is -0.918. The molecule has 0 spiro atoms. The van der Waals surface area contributed by atoms with Crippen LogP contribution in [0, 0.1) is 13.8 Å². The number of carbonyl (C=O) groups is 2. The summed E-state index contributed by atoms with van der Waals surface area (Å²) in [6, 6.07) is -0.0768. The summed E-state index contributed by atoms with van der Waals surface area (Å²) in [6.45, 7) is 9.84. The van der Waals surface area contributed by atoms with E-state index < -0.39 is 0 Å². The fraction of sp³-hybridized carbons (Fsp3) is 0.647. The molecule has 122 valence electrons. The topological polar surface area (TPSA) is 63.6 Å². The zero-order valence-electron chi connectivity index (χ0n) is 14.0. The average molecular weight is 307 g/mol. The van der Waals surface area contributed by atoms with Crippen molar-refractivity contribution in [3.05, 3.63) is 22.5 Å². The number of ketones is 1. The number of Topliss-reactive ketones (excluding diaryl/α,β-unsaturated/α-hetero) is 1. The SMILES string of the molecule is CCOC(=O)c1c(C)[nH]c(C(=O)[C@H](C)[NH+]2CCCCC2)c1C. The number of aromatic nitrogens is 1. The molecule has 1 aromatic rings. The summed E-state index contributed by atoms with van der Waals surface area (Å²) >= 11 is 0. The van der Waals surface area contributed by atoms with Gasteiger partial charge in [0.05, 0.1) is 31.0 Å². The fourth-order valence-electron chi connectivity index (χ4n) is 3.35. The molecule has 1 aliphatic rings. The van der Waals surface area contributed by atoms with Crippen LogP contribution >= 0.6 is 0 Å². The molecule has 1 saturated heterocycles. The first kappa shape index (κ1) is 16.7. The Hall–Kier alpha value is -1.62. The summed E-state index contributed by atoms with van der Waals surface area (Å²) in [5, 5.41) is 0. The van der Waals surface area contributed by atoms with Gasteiger partial charge in [-0.2, -0.15) is 0 Å². The van der Waals surface area contributed by atoms with Crippen molar-refractivity contribution in [3.63, 3.8) is 0 Å². The van der Waals surface area contributed by atoms with Crippen molar-refractivity contribution in [2.24, 2.45) is 0 Å². The number of esters is 1. The van der Waals surface area contributed by atoms with Gasteiger partial charge in [-0.05, 0) is 52.5 Å². The minimum absolute atomic E-state index is 0.0768. The molecule has 1 aromatic heterocycles. The summed E-state index contributed by atoms with van der Waals surface area (Å²) < 4.78 is 5.08. The lowest BCUT2D eigenvalue weighted by Crippen LogP contribution is -3.17. The summed E-state index contributed by atoms with van der Waals surface area (Å²) in [6.07, 6.45) is 3.63. The molecule has 1 atom stereocenters. The minimum Gasteiger partial charge on any atom is -0.462 e. The molecule has 2 N–H and O–H groups in total. The van der Waals surface area contributed by atoms with Gasteiger partial charge in [-0.25, -0.2) is 4.79 Å². The first-order valence-electron chi connectivity index (χ1n) is 8.22. The Bertz CT molecular complexity index is 556. The molecule has 0 amide bonds. The molecule has 0 aromatic carbocycles. The molecular weight excluding hydrogens is 280 g/mol. The highest BCUT2D eigenvalue weighted by Gasteiger charge is 2.31. The second-order valence-electron chi connectivity index (χ2n) is 6.15. The Kier molecular flexibility index (Phi) is 5.40. The van der Waals surface area contributed by atoms with Crippen molar-refractivity contribution in [2.45, 2.75) is 53.0 Å². The van der Waals surface area contributed by atoms with Gasteiger partial charge in [0.25, 0.3) is 0 Å². The van der Waals surface area contributed by atoms with Crippen LogP contribution in [0.15, 0.2) is 0 Å². The van der Waals surface area contributed by atoms with E-state index in [4.69, 9.17) is 4.74 Å². The molecule has 0 bridgehead atoms. The molecule has 0 aliphatic carbocycles. The van der Waals surface area contributed by atoms with E-state index in [1.807, 2.05) is 20.8 Å². The number of likely N-dealkylation sites (tertiary alicyclic amines) is 1. The van der Waals surface area contributed by atoms with Crippen LogP contribution in [0.1, 0.15) is 65.2 Å². The normalized spacial score (nSPS) is 17.3. The molecule has 5 heteroatoms. The molecular formula is C17H27N2O3+. The van der Waals surface area contributed by atoms with Gasteiger partial charge in [-0.1, -0.05) is 0 Å². The van der Waals surface area contributed by atoms with Crippen molar-refractivity contribution in [1.29, 1.82) is 0 Å². The maximum absolute atomic E-state index is 12.8. The highest BCUT2D eigenvalue weighted by molar-refractivity contribution is 6.03. The van der Waals surface area contributed by atoms with Crippen LogP contribution in [0.4, 0.5) is 0 Å². The van der Waals surface area contributed by atoms with Crippen molar-refractivity contribution in [3.8, 4) is 0 Å². The number of quaternary nitrogens is 1. The zero-order valence-corrected chi connectivity index (χ0v) is 14.0.